The second-order valence-corrected chi connectivity index (χ2v) is 8.72. The molecule has 0 saturated carbocycles. The van der Waals surface area contributed by atoms with Crippen molar-refractivity contribution in [2.75, 3.05) is 17.1 Å². The molecule has 0 heterocycles. The van der Waals surface area contributed by atoms with Gasteiger partial charge in [0.1, 0.15) is 10.6 Å². The maximum absolute atomic E-state index is 12.9. The molecular weight excluding hydrogens is 424 g/mol. The van der Waals surface area contributed by atoms with Crippen LogP contribution in [0.3, 0.4) is 0 Å². The highest BCUT2D eigenvalue weighted by atomic mass is 35.5. The molecule has 0 unspecified atom stereocenters. The zero-order valence-electron chi connectivity index (χ0n) is 16.5. The number of carbonyl (C=O) groups excluding carboxylic acids is 1. The Labute approximate surface area is 180 Å². The topological polar surface area (TPSA) is 84.5 Å². The molecule has 0 bridgehead atoms. The van der Waals surface area contributed by atoms with Gasteiger partial charge < -0.3 is 10.1 Å². The van der Waals surface area contributed by atoms with E-state index in [4.69, 9.17) is 16.3 Å². The Kier molecular flexibility index (Phi) is 6.64. The van der Waals surface area contributed by atoms with E-state index in [0.29, 0.717) is 5.69 Å². The predicted molar refractivity (Wildman–Crippen MR) is 119 cm³/mol. The van der Waals surface area contributed by atoms with E-state index < -0.39 is 10.0 Å². The monoisotopic (exact) mass is 444 g/mol. The van der Waals surface area contributed by atoms with Crippen molar-refractivity contribution in [3.8, 4) is 5.75 Å². The molecule has 6 nitrogen and oxygen atoms in total. The normalized spacial score (nSPS) is 11.0. The van der Waals surface area contributed by atoms with Crippen LogP contribution >= 0.6 is 11.6 Å². The van der Waals surface area contributed by atoms with Crippen LogP contribution < -0.4 is 14.8 Å². The van der Waals surface area contributed by atoms with Crippen LogP contribution in [0.1, 0.15) is 11.1 Å². The number of benzene rings is 3. The van der Waals surface area contributed by atoms with Gasteiger partial charge in [-0.15, -0.1) is 0 Å². The second kappa shape index (κ2) is 9.19. The number of hydrogen-bond acceptors (Lipinski definition) is 4. The molecule has 0 aromatic heterocycles. The van der Waals surface area contributed by atoms with Gasteiger partial charge in [-0.2, -0.15) is 0 Å². The summed E-state index contributed by atoms with van der Waals surface area (Å²) in [6.45, 7) is 1.97. The van der Waals surface area contributed by atoms with Crippen LogP contribution in [0, 0.1) is 6.92 Å². The van der Waals surface area contributed by atoms with Gasteiger partial charge in [0, 0.05) is 5.69 Å². The molecule has 0 aliphatic rings. The third kappa shape index (κ3) is 5.31. The van der Waals surface area contributed by atoms with E-state index in [1.807, 2.05) is 31.2 Å². The van der Waals surface area contributed by atoms with Crippen LogP contribution in [0.5, 0.6) is 5.75 Å². The highest BCUT2D eigenvalue weighted by molar-refractivity contribution is 7.92. The Morgan fingerprint density at radius 1 is 1.03 bits per heavy atom. The first-order valence-electron chi connectivity index (χ1n) is 9.09. The Morgan fingerprint density at radius 2 is 1.73 bits per heavy atom. The summed E-state index contributed by atoms with van der Waals surface area (Å²) in [6.07, 6.45) is 0.173. The number of anilines is 2. The van der Waals surface area contributed by atoms with Crippen molar-refractivity contribution in [1.29, 1.82) is 0 Å². The molecule has 1 amide bonds. The van der Waals surface area contributed by atoms with Gasteiger partial charge in [-0.05, 0) is 42.8 Å². The number of amides is 1. The summed E-state index contributed by atoms with van der Waals surface area (Å²) in [5.74, 6) is -0.113. The zero-order chi connectivity index (χ0) is 21.7. The molecule has 3 aromatic carbocycles. The first-order valence-corrected chi connectivity index (χ1v) is 11.0. The van der Waals surface area contributed by atoms with E-state index >= 15 is 0 Å². The van der Waals surface area contributed by atoms with Gasteiger partial charge in [-0.25, -0.2) is 8.42 Å². The van der Waals surface area contributed by atoms with Crippen molar-refractivity contribution >= 4 is 38.9 Å². The molecule has 0 fully saturated rings. The van der Waals surface area contributed by atoms with Crippen molar-refractivity contribution < 1.29 is 17.9 Å². The molecule has 0 saturated heterocycles. The average Bonchev–Trinajstić information content (AvgIpc) is 2.71. The predicted octanol–water partition coefficient (Wildman–Crippen LogP) is 4.64. The molecule has 0 radical (unpaired) electrons. The number of para-hydroxylation sites is 1. The van der Waals surface area contributed by atoms with Gasteiger partial charge in [0.05, 0.1) is 24.2 Å². The largest absolute Gasteiger partial charge is 0.495 e. The van der Waals surface area contributed by atoms with Gasteiger partial charge in [0.15, 0.2) is 0 Å². The molecule has 0 aliphatic heterocycles. The highest BCUT2D eigenvalue weighted by Gasteiger charge is 2.22. The number of methoxy groups -OCH3 is 1. The van der Waals surface area contributed by atoms with Crippen LogP contribution in [0.15, 0.2) is 71.6 Å². The third-order valence-corrected chi connectivity index (χ3v) is 6.06. The molecule has 3 aromatic rings. The van der Waals surface area contributed by atoms with Gasteiger partial charge in [-0.1, -0.05) is 53.6 Å². The van der Waals surface area contributed by atoms with Crippen LogP contribution in [-0.4, -0.2) is 21.4 Å². The maximum atomic E-state index is 12.9. The van der Waals surface area contributed by atoms with Crippen molar-refractivity contribution in [3.05, 3.63) is 82.9 Å². The molecular formula is C22H21ClN2O4S. The van der Waals surface area contributed by atoms with Gasteiger partial charge >= 0.3 is 0 Å². The number of rotatable bonds is 7. The Hall–Kier alpha value is -3.03. The summed E-state index contributed by atoms with van der Waals surface area (Å²) < 4.78 is 33.5. The number of hydrogen-bond donors (Lipinski definition) is 2. The van der Waals surface area contributed by atoms with Crippen LogP contribution in [0.4, 0.5) is 11.4 Å². The second-order valence-electron chi connectivity index (χ2n) is 6.66. The number of sulfonamides is 1. The minimum absolute atomic E-state index is 0.113. The van der Waals surface area contributed by atoms with E-state index in [2.05, 4.69) is 10.0 Å². The van der Waals surface area contributed by atoms with E-state index in [1.165, 1.54) is 19.2 Å². The van der Waals surface area contributed by atoms with Crippen LogP contribution in [-0.2, 0) is 21.2 Å². The minimum Gasteiger partial charge on any atom is -0.495 e. The molecule has 0 aliphatic carbocycles. The molecule has 3 rings (SSSR count). The van der Waals surface area contributed by atoms with Crippen molar-refractivity contribution in [2.24, 2.45) is 0 Å². The third-order valence-electron chi connectivity index (χ3n) is 4.34. The fourth-order valence-corrected chi connectivity index (χ4v) is 4.32. The first-order chi connectivity index (χ1) is 14.3. The van der Waals surface area contributed by atoms with Crippen molar-refractivity contribution in [2.45, 2.75) is 18.2 Å². The number of halogens is 1. The summed E-state index contributed by atoms with van der Waals surface area (Å²) in [7, 11) is -2.64. The summed E-state index contributed by atoms with van der Waals surface area (Å²) in [5.41, 5.74) is 2.55. The molecule has 0 atom stereocenters. The summed E-state index contributed by atoms with van der Waals surface area (Å²) in [5, 5.41) is 3.00. The molecule has 156 valence electrons. The molecule has 30 heavy (non-hydrogen) atoms. The Balaban J connectivity index is 1.83. The first kappa shape index (κ1) is 21.7. The fourth-order valence-electron chi connectivity index (χ4n) is 2.80. The number of aryl methyl sites for hydroxylation is 1. The number of ether oxygens (including phenoxy) is 1. The van der Waals surface area contributed by atoms with Crippen molar-refractivity contribution in [1.82, 2.24) is 0 Å². The Bertz CT molecular complexity index is 1160. The highest BCUT2D eigenvalue weighted by Crippen LogP contribution is 2.30. The number of carbonyl (C=O) groups is 1. The quantitative estimate of drug-likeness (QED) is 0.556. The van der Waals surface area contributed by atoms with Crippen LogP contribution in [0.2, 0.25) is 5.02 Å². The average molecular weight is 445 g/mol. The van der Waals surface area contributed by atoms with E-state index in [9.17, 15) is 13.2 Å². The van der Waals surface area contributed by atoms with Crippen molar-refractivity contribution in [3.63, 3.8) is 0 Å². The lowest BCUT2D eigenvalue weighted by atomic mass is 10.1. The van der Waals surface area contributed by atoms with Gasteiger partial charge in [0.2, 0.25) is 5.91 Å². The van der Waals surface area contributed by atoms with Gasteiger partial charge in [0.25, 0.3) is 10.0 Å². The lowest BCUT2D eigenvalue weighted by Crippen LogP contribution is -2.17. The SMILES string of the molecule is COc1ccc(NC(=O)Cc2ccc(C)cc2)cc1S(=O)(=O)Nc1ccccc1Cl. The summed E-state index contributed by atoms with van der Waals surface area (Å²) >= 11 is 6.06. The lowest BCUT2D eigenvalue weighted by molar-refractivity contribution is -0.115. The zero-order valence-corrected chi connectivity index (χ0v) is 18.0. The standard InChI is InChI=1S/C22H21ClN2O4S/c1-15-7-9-16(10-8-15)13-22(26)24-17-11-12-20(29-2)21(14-17)30(27,28)25-19-6-4-3-5-18(19)23/h3-12,14,25H,13H2,1-2H3,(H,24,26). The van der Waals surface area contributed by atoms with Crippen LogP contribution in [0.25, 0.3) is 0 Å². The molecule has 2 N–H and O–H groups in total. The maximum Gasteiger partial charge on any atom is 0.265 e. The summed E-state index contributed by atoms with van der Waals surface area (Å²) in [4.78, 5) is 12.3. The summed E-state index contributed by atoms with van der Waals surface area (Å²) in [6, 6.07) is 18.6. The smallest absolute Gasteiger partial charge is 0.265 e. The molecule has 8 heteroatoms. The molecule has 0 spiro atoms. The lowest BCUT2D eigenvalue weighted by Gasteiger charge is -2.14. The number of nitrogens with one attached hydrogen (secondary N) is 2. The van der Waals surface area contributed by atoms with Gasteiger partial charge in [-0.3, -0.25) is 9.52 Å². The fraction of sp³-hybridized carbons (Fsp3) is 0.136. The van der Waals surface area contributed by atoms with E-state index in [1.54, 1.807) is 30.3 Å². The minimum atomic E-state index is -4.01. The Morgan fingerprint density at radius 3 is 2.40 bits per heavy atom. The van der Waals surface area contributed by atoms with E-state index in [-0.39, 0.29) is 33.7 Å². The van der Waals surface area contributed by atoms with E-state index in [0.717, 1.165) is 11.1 Å².